The molecule has 0 radical (unpaired) electrons. The minimum Gasteiger partial charge on any atom is -0.321 e. The number of rotatable bonds is 4. The molecule has 0 unspecified atom stereocenters. The van der Waals surface area contributed by atoms with Gasteiger partial charge in [0.25, 0.3) is 5.56 Å². The summed E-state index contributed by atoms with van der Waals surface area (Å²) in [5.41, 5.74) is 9.55. The van der Waals surface area contributed by atoms with E-state index < -0.39 is 17.4 Å². The molecule has 0 fully saturated rings. The fourth-order valence-corrected chi connectivity index (χ4v) is 2.39. The zero-order valence-electron chi connectivity index (χ0n) is 12.7. The number of para-hydroxylation sites is 1. The lowest BCUT2D eigenvalue weighted by Gasteiger charge is -2.18. The summed E-state index contributed by atoms with van der Waals surface area (Å²) in [4.78, 5) is 17.2. The Labute approximate surface area is 132 Å². The van der Waals surface area contributed by atoms with Crippen LogP contribution in [0.4, 0.5) is 10.1 Å². The van der Waals surface area contributed by atoms with E-state index in [1.807, 2.05) is 25.1 Å². The summed E-state index contributed by atoms with van der Waals surface area (Å²) in [6.45, 7) is 1.90. The molecule has 1 heterocycles. The molecule has 0 amide bonds. The third-order valence-corrected chi connectivity index (χ3v) is 3.66. The van der Waals surface area contributed by atoms with Gasteiger partial charge in [-0.2, -0.15) is 0 Å². The molecular formula is C17H17FN4O. The van der Waals surface area contributed by atoms with Crippen LogP contribution in [0.5, 0.6) is 0 Å². The molecule has 3 rings (SSSR count). The molecule has 1 aromatic heterocycles. The average Bonchev–Trinajstić information content (AvgIpc) is 2.57. The van der Waals surface area contributed by atoms with E-state index in [-0.39, 0.29) is 5.39 Å². The predicted octanol–water partition coefficient (Wildman–Crippen LogP) is 2.82. The van der Waals surface area contributed by atoms with Gasteiger partial charge in [0.2, 0.25) is 0 Å². The van der Waals surface area contributed by atoms with Crippen LogP contribution in [-0.2, 0) is 0 Å². The van der Waals surface area contributed by atoms with E-state index in [1.165, 1.54) is 16.8 Å². The third-order valence-electron chi connectivity index (χ3n) is 3.66. The maximum Gasteiger partial charge on any atom is 0.283 e. The Morgan fingerprint density at radius 3 is 2.65 bits per heavy atom. The Kier molecular flexibility index (Phi) is 4.08. The molecule has 0 saturated heterocycles. The van der Waals surface area contributed by atoms with Crippen LogP contribution < -0.4 is 16.7 Å². The number of hydrogen-bond donors (Lipinski definition) is 2. The molecule has 0 spiro atoms. The first-order chi connectivity index (χ1) is 11.1. The predicted molar refractivity (Wildman–Crippen MR) is 88.6 cm³/mol. The molecule has 6 heteroatoms. The molecule has 0 aliphatic heterocycles. The molecule has 0 aliphatic carbocycles. The quantitative estimate of drug-likeness (QED) is 0.777. The molecule has 5 nitrogen and oxygen atoms in total. The zero-order chi connectivity index (χ0) is 16.4. The smallest absolute Gasteiger partial charge is 0.283 e. The van der Waals surface area contributed by atoms with E-state index in [0.29, 0.717) is 23.4 Å². The first-order valence-electron chi connectivity index (χ1n) is 7.40. The summed E-state index contributed by atoms with van der Waals surface area (Å²) in [6, 6.07) is 13.1. The van der Waals surface area contributed by atoms with Gasteiger partial charge < -0.3 is 5.73 Å². The van der Waals surface area contributed by atoms with Crippen LogP contribution in [0.2, 0.25) is 0 Å². The summed E-state index contributed by atoms with van der Waals surface area (Å²) in [5, 5.41) is -0.0528. The molecule has 0 bridgehead atoms. The van der Waals surface area contributed by atoms with E-state index in [9.17, 15) is 9.18 Å². The van der Waals surface area contributed by atoms with Crippen molar-refractivity contribution in [2.45, 2.75) is 19.4 Å². The molecule has 0 aliphatic rings. The highest BCUT2D eigenvalue weighted by Gasteiger charge is 2.18. The van der Waals surface area contributed by atoms with E-state index in [4.69, 9.17) is 5.73 Å². The molecule has 2 aromatic carbocycles. The normalized spacial score (nSPS) is 12.3. The second-order valence-electron chi connectivity index (χ2n) is 5.24. The summed E-state index contributed by atoms with van der Waals surface area (Å²) < 4.78 is 15.3. The highest BCUT2D eigenvalue weighted by Crippen LogP contribution is 2.17. The second-order valence-corrected chi connectivity index (χ2v) is 5.24. The highest BCUT2D eigenvalue weighted by molar-refractivity contribution is 5.78. The van der Waals surface area contributed by atoms with E-state index >= 15 is 0 Å². The Hall–Kier alpha value is -2.73. The first-order valence-corrected chi connectivity index (χ1v) is 7.40. The summed E-state index contributed by atoms with van der Waals surface area (Å²) in [7, 11) is 0. The molecule has 118 valence electrons. The maximum atomic E-state index is 14.1. The molecule has 0 saturated carbocycles. The zero-order valence-corrected chi connectivity index (χ0v) is 12.7. The molecule has 3 aromatic rings. The van der Waals surface area contributed by atoms with Gasteiger partial charge in [0.15, 0.2) is 0 Å². The number of aromatic nitrogens is 2. The van der Waals surface area contributed by atoms with Gasteiger partial charge in [-0.1, -0.05) is 31.2 Å². The first kappa shape index (κ1) is 15.2. The Morgan fingerprint density at radius 1 is 1.22 bits per heavy atom. The van der Waals surface area contributed by atoms with Crippen molar-refractivity contribution < 1.29 is 4.39 Å². The molecular weight excluding hydrogens is 295 g/mol. The van der Waals surface area contributed by atoms with E-state index in [2.05, 4.69) is 10.4 Å². The van der Waals surface area contributed by atoms with Crippen LogP contribution in [0.25, 0.3) is 10.9 Å². The number of anilines is 1. The second kappa shape index (κ2) is 6.18. The number of halogens is 1. The van der Waals surface area contributed by atoms with Crippen molar-refractivity contribution in [1.82, 2.24) is 9.66 Å². The number of hydrogen-bond acceptors (Lipinski definition) is 4. The van der Waals surface area contributed by atoms with Crippen molar-refractivity contribution in [2.24, 2.45) is 5.73 Å². The fraction of sp³-hybridized carbons (Fsp3) is 0.176. The monoisotopic (exact) mass is 312 g/mol. The number of nitrogens with one attached hydrogen (secondary N) is 1. The van der Waals surface area contributed by atoms with Crippen molar-refractivity contribution in [3.63, 3.8) is 0 Å². The minimum atomic E-state index is -0.597. The van der Waals surface area contributed by atoms with Crippen molar-refractivity contribution in [3.8, 4) is 0 Å². The van der Waals surface area contributed by atoms with Gasteiger partial charge in [0.1, 0.15) is 17.0 Å². The van der Waals surface area contributed by atoms with Gasteiger partial charge in [0, 0.05) is 0 Å². The molecule has 23 heavy (non-hydrogen) atoms. The van der Waals surface area contributed by atoms with E-state index in [0.717, 1.165) is 0 Å². The van der Waals surface area contributed by atoms with Gasteiger partial charge in [-0.3, -0.25) is 10.2 Å². The van der Waals surface area contributed by atoms with E-state index in [1.54, 1.807) is 18.2 Å². The Balaban J connectivity index is 2.26. The number of fused-ring (bicyclic) bond motifs is 1. The number of nitrogens with two attached hydrogens (primary N) is 1. The lowest BCUT2D eigenvalue weighted by molar-refractivity contribution is 0.601. The van der Waals surface area contributed by atoms with Crippen LogP contribution in [0.15, 0.2) is 53.3 Å². The number of nitrogens with zero attached hydrogens (tertiary/aromatic N) is 2. The van der Waals surface area contributed by atoms with Crippen molar-refractivity contribution in [3.05, 3.63) is 70.5 Å². The van der Waals surface area contributed by atoms with Gasteiger partial charge in [-0.25, -0.2) is 14.1 Å². The SMILES string of the molecule is CC[C@H](N)c1nc2cccc(F)c2c(=O)n1Nc1ccccc1. The lowest BCUT2D eigenvalue weighted by Crippen LogP contribution is -2.34. The van der Waals surface area contributed by atoms with Crippen LogP contribution in [0.1, 0.15) is 25.2 Å². The fourth-order valence-electron chi connectivity index (χ4n) is 2.39. The molecule has 3 N–H and O–H groups in total. The third kappa shape index (κ3) is 2.80. The minimum absolute atomic E-state index is 0.0528. The molecule has 1 atom stereocenters. The van der Waals surface area contributed by atoms with Crippen molar-refractivity contribution >= 4 is 16.6 Å². The van der Waals surface area contributed by atoms with Crippen LogP contribution in [0.3, 0.4) is 0 Å². The lowest BCUT2D eigenvalue weighted by atomic mass is 10.2. The standard InChI is InChI=1S/C17H17FN4O/c1-2-13(19)16-20-14-10-6-9-12(18)15(14)17(23)22(16)21-11-7-4-3-5-8-11/h3-10,13,21H,2,19H2,1H3/t13-/m0/s1. The Morgan fingerprint density at radius 2 is 1.96 bits per heavy atom. The highest BCUT2D eigenvalue weighted by atomic mass is 19.1. The largest absolute Gasteiger partial charge is 0.321 e. The van der Waals surface area contributed by atoms with Gasteiger partial charge in [0.05, 0.1) is 17.2 Å². The number of benzene rings is 2. The Bertz CT molecular complexity index is 892. The summed E-state index contributed by atoms with van der Waals surface area (Å²) in [5.74, 6) is -0.223. The van der Waals surface area contributed by atoms with Crippen molar-refractivity contribution in [2.75, 3.05) is 5.43 Å². The van der Waals surface area contributed by atoms with Crippen LogP contribution >= 0.6 is 0 Å². The topological polar surface area (TPSA) is 72.9 Å². The average molecular weight is 312 g/mol. The van der Waals surface area contributed by atoms with Crippen LogP contribution in [-0.4, -0.2) is 9.66 Å². The van der Waals surface area contributed by atoms with Gasteiger partial charge in [-0.05, 0) is 30.7 Å². The van der Waals surface area contributed by atoms with Gasteiger partial charge in [-0.15, -0.1) is 0 Å². The maximum absolute atomic E-state index is 14.1. The van der Waals surface area contributed by atoms with Crippen molar-refractivity contribution in [1.29, 1.82) is 0 Å². The van der Waals surface area contributed by atoms with Gasteiger partial charge >= 0.3 is 0 Å². The summed E-state index contributed by atoms with van der Waals surface area (Å²) in [6.07, 6.45) is 0.601. The summed E-state index contributed by atoms with van der Waals surface area (Å²) >= 11 is 0. The van der Waals surface area contributed by atoms with Crippen LogP contribution in [0, 0.1) is 5.82 Å².